The van der Waals surface area contributed by atoms with Crippen molar-refractivity contribution in [2.24, 2.45) is 0 Å². The Hall–Kier alpha value is -2.51. The van der Waals surface area contributed by atoms with Gasteiger partial charge in [-0.05, 0) is 25.3 Å². The average Bonchev–Trinajstić information content (AvgIpc) is 3.09. The lowest BCUT2D eigenvalue weighted by atomic mass is 10.3. The van der Waals surface area contributed by atoms with E-state index >= 15 is 0 Å². The normalized spacial score (nSPS) is 15.4. The summed E-state index contributed by atoms with van der Waals surface area (Å²) in [6.45, 7) is 4.79. The number of nitrogens with zero attached hydrogens (tertiary/aromatic N) is 4. The molecule has 1 aliphatic heterocycles. The van der Waals surface area contributed by atoms with Crippen molar-refractivity contribution in [3.05, 3.63) is 47.5 Å². The Labute approximate surface area is 157 Å². The standard InChI is InChI=1S/C19H22N4O2S/c1-15(24)23(17-6-4-3-5-7-17)19-20-16(14-26-19)8-9-18(25)22-12-10-21(2)11-13-22/h3-9,14H,10-13H2,1-2H3/b9-8+. The van der Waals surface area contributed by atoms with Crippen molar-refractivity contribution >= 4 is 40.0 Å². The number of para-hydroxylation sites is 1. The summed E-state index contributed by atoms with van der Waals surface area (Å²) in [5.41, 5.74) is 1.45. The molecule has 1 aromatic heterocycles. The summed E-state index contributed by atoms with van der Waals surface area (Å²) in [7, 11) is 2.06. The van der Waals surface area contributed by atoms with E-state index in [2.05, 4.69) is 16.9 Å². The average molecular weight is 370 g/mol. The number of rotatable bonds is 4. The first kappa shape index (κ1) is 18.3. The predicted molar refractivity (Wildman–Crippen MR) is 104 cm³/mol. The molecule has 2 amide bonds. The van der Waals surface area contributed by atoms with Crippen molar-refractivity contribution in [1.29, 1.82) is 0 Å². The van der Waals surface area contributed by atoms with Gasteiger partial charge < -0.3 is 9.80 Å². The van der Waals surface area contributed by atoms with Gasteiger partial charge in [0.05, 0.1) is 11.4 Å². The third-order valence-corrected chi connectivity index (χ3v) is 5.09. The third-order valence-electron chi connectivity index (χ3n) is 4.24. The fourth-order valence-corrected chi connectivity index (χ4v) is 3.60. The Morgan fingerprint density at radius 3 is 2.50 bits per heavy atom. The van der Waals surface area contributed by atoms with Crippen LogP contribution >= 0.6 is 11.3 Å². The Bertz CT molecular complexity index is 795. The van der Waals surface area contributed by atoms with Crippen LogP contribution in [0.1, 0.15) is 12.6 Å². The van der Waals surface area contributed by atoms with Gasteiger partial charge in [0.25, 0.3) is 0 Å². The maximum absolute atomic E-state index is 12.3. The second-order valence-electron chi connectivity index (χ2n) is 6.21. The molecule has 1 fully saturated rings. The van der Waals surface area contributed by atoms with Crippen LogP contribution in [0.2, 0.25) is 0 Å². The molecule has 0 N–H and O–H groups in total. The number of hydrogen-bond donors (Lipinski definition) is 0. The summed E-state index contributed by atoms with van der Waals surface area (Å²) in [5, 5.41) is 2.44. The van der Waals surface area contributed by atoms with E-state index in [4.69, 9.17) is 0 Å². The molecule has 0 unspecified atom stereocenters. The maximum Gasteiger partial charge on any atom is 0.246 e. The van der Waals surface area contributed by atoms with Crippen molar-refractivity contribution in [2.45, 2.75) is 6.92 Å². The molecule has 0 radical (unpaired) electrons. The molecule has 0 spiro atoms. The highest BCUT2D eigenvalue weighted by Crippen LogP contribution is 2.29. The highest BCUT2D eigenvalue weighted by atomic mass is 32.1. The zero-order valence-electron chi connectivity index (χ0n) is 15.0. The molecule has 3 rings (SSSR count). The Balaban J connectivity index is 1.70. The molecular weight excluding hydrogens is 348 g/mol. The Kier molecular flexibility index (Phi) is 5.80. The molecule has 26 heavy (non-hydrogen) atoms. The van der Waals surface area contributed by atoms with E-state index in [-0.39, 0.29) is 11.8 Å². The van der Waals surface area contributed by atoms with Crippen LogP contribution in [0.4, 0.5) is 10.8 Å². The third kappa shape index (κ3) is 4.36. The number of benzene rings is 1. The maximum atomic E-state index is 12.3. The molecule has 136 valence electrons. The first-order valence-electron chi connectivity index (χ1n) is 8.51. The molecule has 0 aliphatic carbocycles. The first-order chi connectivity index (χ1) is 12.5. The molecule has 6 nitrogen and oxygen atoms in total. The van der Waals surface area contributed by atoms with Crippen LogP contribution in [0.5, 0.6) is 0 Å². The van der Waals surface area contributed by atoms with E-state index in [0.29, 0.717) is 10.8 Å². The second kappa shape index (κ2) is 8.25. The van der Waals surface area contributed by atoms with Crippen molar-refractivity contribution in [1.82, 2.24) is 14.8 Å². The van der Waals surface area contributed by atoms with Crippen LogP contribution < -0.4 is 4.90 Å². The van der Waals surface area contributed by atoms with Crippen LogP contribution in [0.25, 0.3) is 6.08 Å². The Morgan fingerprint density at radius 2 is 1.85 bits per heavy atom. The monoisotopic (exact) mass is 370 g/mol. The van der Waals surface area contributed by atoms with Gasteiger partial charge in [-0.2, -0.15) is 0 Å². The summed E-state index contributed by atoms with van der Waals surface area (Å²) in [4.78, 5) is 34.5. The van der Waals surface area contributed by atoms with Gasteiger partial charge in [-0.25, -0.2) is 4.98 Å². The summed E-state index contributed by atoms with van der Waals surface area (Å²) >= 11 is 1.38. The topological polar surface area (TPSA) is 56.8 Å². The van der Waals surface area contributed by atoms with E-state index < -0.39 is 0 Å². The number of carbonyl (C=O) groups excluding carboxylic acids is 2. The number of hydrogen-bond acceptors (Lipinski definition) is 5. The summed E-state index contributed by atoms with van der Waals surface area (Å²) < 4.78 is 0. The number of aromatic nitrogens is 1. The molecule has 0 atom stereocenters. The second-order valence-corrected chi connectivity index (χ2v) is 7.04. The lowest BCUT2D eigenvalue weighted by molar-refractivity contribution is -0.127. The Morgan fingerprint density at radius 1 is 1.15 bits per heavy atom. The molecule has 7 heteroatoms. The van der Waals surface area contributed by atoms with Crippen molar-refractivity contribution in [3.8, 4) is 0 Å². The van der Waals surface area contributed by atoms with E-state index in [9.17, 15) is 9.59 Å². The van der Waals surface area contributed by atoms with Gasteiger partial charge in [0, 0.05) is 44.6 Å². The smallest absolute Gasteiger partial charge is 0.246 e. The molecular formula is C19H22N4O2S. The van der Waals surface area contributed by atoms with Crippen LogP contribution in [0, 0.1) is 0 Å². The highest BCUT2D eigenvalue weighted by Gasteiger charge is 2.18. The number of anilines is 2. The van der Waals surface area contributed by atoms with E-state index in [1.54, 1.807) is 17.1 Å². The van der Waals surface area contributed by atoms with Gasteiger partial charge in [0.15, 0.2) is 5.13 Å². The zero-order chi connectivity index (χ0) is 18.5. The van der Waals surface area contributed by atoms with Crippen molar-refractivity contribution in [3.63, 3.8) is 0 Å². The molecule has 2 heterocycles. The largest absolute Gasteiger partial charge is 0.337 e. The van der Waals surface area contributed by atoms with Crippen molar-refractivity contribution in [2.75, 3.05) is 38.1 Å². The van der Waals surface area contributed by atoms with Crippen LogP contribution in [0.3, 0.4) is 0 Å². The first-order valence-corrected chi connectivity index (χ1v) is 9.39. The van der Waals surface area contributed by atoms with Gasteiger partial charge in [0.2, 0.25) is 11.8 Å². The van der Waals surface area contributed by atoms with Crippen LogP contribution in [-0.4, -0.2) is 59.8 Å². The fraction of sp³-hybridized carbons (Fsp3) is 0.316. The van der Waals surface area contributed by atoms with Gasteiger partial charge in [0.1, 0.15) is 0 Å². The SMILES string of the molecule is CC(=O)N(c1ccccc1)c1nc(/C=C/C(=O)N2CCN(C)CC2)cs1. The number of thiazole rings is 1. The molecule has 0 saturated carbocycles. The molecule has 2 aromatic rings. The van der Waals surface area contributed by atoms with Gasteiger partial charge in [-0.1, -0.05) is 18.2 Å². The quantitative estimate of drug-likeness (QED) is 0.777. The lowest BCUT2D eigenvalue weighted by Crippen LogP contribution is -2.46. The number of piperazine rings is 1. The van der Waals surface area contributed by atoms with E-state index in [1.807, 2.05) is 40.6 Å². The number of carbonyl (C=O) groups is 2. The summed E-state index contributed by atoms with van der Waals surface area (Å²) in [6, 6.07) is 9.41. The highest BCUT2D eigenvalue weighted by molar-refractivity contribution is 7.14. The molecule has 0 bridgehead atoms. The van der Waals surface area contributed by atoms with Crippen LogP contribution in [0.15, 0.2) is 41.8 Å². The molecule has 1 aliphatic rings. The summed E-state index contributed by atoms with van der Waals surface area (Å²) in [5.74, 6) is -0.103. The summed E-state index contributed by atoms with van der Waals surface area (Å²) in [6.07, 6.45) is 3.27. The fourth-order valence-electron chi connectivity index (χ4n) is 2.75. The zero-order valence-corrected chi connectivity index (χ0v) is 15.8. The minimum atomic E-state index is -0.102. The predicted octanol–water partition coefficient (Wildman–Crippen LogP) is 2.61. The van der Waals surface area contributed by atoms with E-state index in [1.165, 1.54) is 18.3 Å². The van der Waals surface area contributed by atoms with Crippen molar-refractivity contribution < 1.29 is 9.59 Å². The minimum Gasteiger partial charge on any atom is -0.337 e. The molecule has 1 saturated heterocycles. The lowest BCUT2D eigenvalue weighted by Gasteiger charge is -2.31. The molecule has 1 aromatic carbocycles. The van der Waals surface area contributed by atoms with Gasteiger partial charge in [-0.15, -0.1) is 11.3 Å². The van der Waals surface area contributed by atoms with Gasteiger partial charge in [-0.3, -0.25) is 14.5 Å². The number of amides is 2. The van der Waals surface area contributed by atoms with Gasteiger partial charge >= 0.3 is 0 Å². The number of likely N-dealkylation sites (N-methyl/N-ethyl adjacent to an activating group) is 1. The van der Waals surface area contributed by atoms with Crippen LogP contribution in [-0.2, 0) is 9.59 Å². The minimum absolute atomic E-state index is 0.000802. The van der Waals surface area contributed by atoms with E-state index in [0.717, 1.165) is 31.9 Å².